The van der Waals surface area contributed by atoms with Crippen LogP contribution in [0.5, 0.6) is 5.75 Å². The number of benzene rings is 1. The zero-order valence-corrected chi connectivity index (χ0v) is 9.70. The van der Waals surface area contributed by atoms with E-state index in [1.54, 1.807) is 13.0 Å². The molecule has 1 aromatic carbocycles. The lowest BCUT2D eigenvalue weighted by atomic mass is 10.2. The van der Waals surface area contributed by atoms with Crippen molar-refractivity contribution in [2.45, 2.75) is 6.92 Å². The molecule has 92 valence electrons. The van der Waals surface area contributed by atoms with Crippen molar-refractivity contribution in [3.8, 4) is 5.75 Å². The topological polar surface area (TPSA) is 61.5 Å². The van der Waals surface area contributed by atoms with Crippen molar-refractivity contribution in [3.63, 3.8) is 0 Å². The Hall–Kier alpha value is -2.04. The van der Waals surface area contributed by atoms with E-state index in [-0.39, 0.29) is 12.3 Å². The van der Waals surface area contributed by atoms with Crippen molar-refractivity contribution in [1.29, 1.82) is 0 Å². The fourth-order valence-corrected chi connectivity index (χ4v) is 1.24. The molecule has 0 aliphatic rings. The molecule has 5 heteroatoms. The van der Waals surface area contributed by atoms with Gasteiger partial charge in [-0.1, -0.05) is 0 Å². The van der Waals surface area contributed by atoms with Gasteiger partial charge >= 0.3 is 5.97 Å². The Balaban J connectivity index is 2.97. The molecule has 1 aromatic rings. The molecule has 0 atom stereocenters. The number of esters is 1. The Morgan fingerprint density at radius 3 is 2.76 bits per heavy atom. The molecule has 0 saturated heterocycles. The maximum atomic E-state index is 13.1. The third-order valence-electron chi connectivity index (χ3n) is 1.96. The first-order valence-corrected chi connectivity index (χ1v) is 5.05. The summed E-state index contributed by atoms with van der Waals surface area (Å²) in [6, 6.07) is 4.04. The summed E-state index contributed by atoms with van der Waals surface area (Å²) in [5.41, 5.74) is 5.85. The molecular formula is C12H14FNO3. The fraction of sp³-hybridized carbons (Fsp3) is 0.250. The van der Waals surface area contributed by atoms with Gasteiger partial charge in [0.15, 0.2) is 0 Å². The highest BCUT2D eigenvalue weighted by atomic mass is 19.1. The number of rotatable bonds is 4. The fourth-order valence-electron chi connectivity index (χ4n) is 1.24. The Labute approximate surface area is 98.8 Å². The van der Waals surface area contributed by atoms with Crippen LogP contribution < -0.4 is 10.5 Å². The summed E-state index contributed by atoms with van der Waals surface area (Å²) < 4.78 is 22.8. The number of methoxy groups -OCH3 is 1. The summed E-state index contributed by atoms with van der Waals surface area (Å²) >= 11 is 0. The zero-order chi connectivity index (χ0) is 12.8. The van der Waals surface area contributed by atoms with Gasteiger partial charge in [-0.2, -0.15) is 0 Å². The van der Waals surface area contributed by atoms with Crippen LogP contribution >= 0.6 is 0 Å². The normalized spacial score (nSPS) is 11.1. The standard InChI is InChI=1S/C12H14FNO3/c1-3-17-12(15)11(14)6-8-4-9(13)7-10(5-8)16-2/h4-7H,3,14H2,1-2H3/b11-6-. The minimum Gasteiger partial charge on any atom is -0.497 e. The molecule has 0 spiro atoms. The molecule has 2 N–H and O–H groups in total. The predicted octanol–water partition coefficient (Wildman–Crippen LogP) is 1.70. The lowest BCUT2D eigenvalue weighted by molar-refractivity contribution is -0.138. The van der Waals surface area contributed by atoms with Crippen LogP contribution in [0.1, 0.15) is 12.5 Å². The molecule has 0 heterocycles. The van der Waals surface area contributed by atoms with Gasteiger partial charge in [0.1, 0.15) is 17.3 Å². The van der Waals surface area contributed by atoms with Gasteiger partial charge in [0.2, 0.25) is 0 Å². The quantitative estimate of drug-likeness (QED) is 0.641. The first-order chi connectivity index (χ1) is 8.06. The van der Waals surface area contributed by atoms with Gasteiger partial charge in [-0.3, -0.25) is 0 Å². The van der Waals surface area contributed by atoms with E-state index in [4.69, 9.17) is 15.2 Å². The van der Waals surface area contributed by atoms with Gasteiger partial charge in [0.25, 0.3) is 0 Å². The summed E-state index contributed by atoms with van der Waals surface area (Å²) in [6.45, 7) is 1.91. The Kier molecular flexibility index (Phi) is 4.51. The van der Waals surface area contributed by atoms with Gasteiger partial charge in [-0.25, -0.2) is 9.18 Å². The maximum Gasteiger partial charge on any atom is 0.354 e. The van der Waals surface area contributed by atoms with Crippen LogP contribution in [-0.2, 0) is 9.53 Å². The van der Waals surface area contributed by atoms with Crippen molar-refractivity contribution < 1.29 is 18.7 Å². The summed E-state index contributed by atoms with van der Waals surface area (Å²) in [4.78, 5) is 11.2. The minimum absolute atomic E-state index is 0.0838. The van der Waals surface area contributed by atoms with Crippen LogP contribution in [0.25, 0.3) is 6.08 Å². The van der Waals surface area contributed by atoms with Crippen LogP contribution in [0.4, 0.5) is 4.39 Å². The van der Waals surface area contributed by atoms with Crippen LogP contribution in [-0.4, -0.2) is 19.7 Å². The highest BCUT2D eigenvalue weighted by molar-refractivity contribution is 5.92. The number of carbonyl (C=O) groups excluding carboxylic acids is 1. The van der Waals surface area contributed by atoms with Gasteiger partial charge in [-0.05, 0) is 30.7 Å². The highest BCUT2D eigenvalue weighted by Gasteiger charge is 2.06. The van der Waals surface area contributed by atoms with E-state index < -0.39 is 11.8 Å². The molecule has 4 nitrogen and oxygen atoms in total. The van der Waals surface area contributed by atoms with E-state index in [2.05, 4.69) is 0 Å². The van der Waals surface area contributed by atoms with Crippen molar-refractivity contribution in [2.75, 3.05) is 13.7 Å². The predicted molar refractivity (Wildman–Crippen MR) is 61.7 cm³/mol. The molecule has 0 saturated carbocycles. The summed E-state index contributed by atoms with van der Waals surface area (Å²) in [5.74, 6) is -0.740. The van der Waals surface area contributed by atoms with Crippen molar-refractivity contribution in [3.05, 3.63) is 35.3 Å². The van der Waals surface area contributed by atoms with Gasteiger partial charge in [0, 0.05) is 6.07 Å². The van der Waals surface area contributed by atoms with Crippen molar-refractivity contribution in [1.82, 2.24) is 0 Å². The molecule has 0 unspecified atom stereocenters. The monoisotopic (exact) mass is 239 g/mol. The molecule has 0 radical (unpaired) electrons. The van der Waals surface area contributed by atoms with Gasteiger partial charge in [-0.15, -0.1) is 0 Å². The molecule has 17 heavy (non-hydrogen) atoms. The average molecular weight is 239 g/mol. The van der Waals surface area contributed by atoms with Crippen LogP contribution in [0.2, 0.25) is 0 Å². The van der Waals surface area contributed by atoms with Crippen molar-refractivity contribution >= 4 is 12.0 Å². The Morgan fingerprint density at radius 1 is 1.47 bits per heavy atom. The van der Waals surface area contributed by atoms with Crippen LogP contribution in [0, 0.1) is 5.82 Å². The first-order valence-electron chi connectivity index (χ1n) is 5.05. The molecular weight excluding hydrogens is 225 g/mol. The second-order valence-corrected chi connectivity index (χ2v) is 3.24. The maximum absolute atomic E-state index is 13.1. The second-order valence-electron chi connectivity index (χ2n) is 3.24. The molecule has 0 aliphatic carbocycles. The van der Waals surface area contributed by atoms with E-state index in [0.29, 0.717) is 11.3 Å². The molecule has 0 aliphatic heterocycles. The van der Waals surface area contributed by atoms with Gasteiger partial charge in [0.05, 0.1) is 13.7 Å². The smallest absolute Gasteiger partial charge is 0.354 e. The summed E-state index contributed by atoms with van der Waals surface area (Å²) in [5, 5.41) is 0. The lowest BCUT2D eigenvalue weighted by Gasteiger charge is -2.04. The third kappa shape index (κ3) is 3.79. The van der Waals surface area contributed by atoms with Crippen LogP contribution in [0.3, 0.4) is 0 Å². The average Bonchev–Trinajstić information content (AvgIpc) is 2.28. The number of hydrogen-bond acceptors (Lipinski definition) is 4. The summed E-state index contributed by atoms with van der Waals surface area (Å²) in [7, 11) is 1.43. The zero-order valence-electron chi connectivity index (χ0n) is 9.70. The van der Waals surface area contributed by atoms with Crippen molar-refractivity contribution in [2.24, 2.45) is 5.73 Å². The van der Waals surface area contributed by atoms with Gasteiger partial charge < -0.3 is 15.2 Å². The summed E-state index contributed by atoms with van der Waals surface area (Å²) in [6.07, 6.45) is 1.34. The third-order valence-corrected chi connectivity index (χ3v) is 1.96. The van der Waals surface area contributed by atoms with E-state index in [9.17, 15) is 9.18 Å². The molecule has 1 rings (SSSR count). The Morgan fingerprint density at radius 2 is 2.18 bits per heavy atom. The largest absolute Gasteiger partial charge is 0.497 e. The molecule has 0 bridgehead atoms. The lowest BCUT2D eigenvalue weighted by Crippen LogP contribution is -2.14. The number of ether oxygens (including phenoxy) is 2. The Bertz CT molecular complexity index is 443. The number of hydrogen-bond donors (Lipinski definition) is 1. The SMILES string of the molecule is CCOC(=O)/C(N)=C/c1cc(F)cc(OC)c1. The number of nitrogens with two attached hydrogens (primary N) is 1. The second kappa shape index (κ2) is 5.89. The van der Waals surface area contributed by atoms with E-state index in [1.807, 2.05) is 0 Å². The highest BCUT2D eigenvalue weighted by Crippen LogP contribution is 2.17. The molecule has 0 aromatic heterocycles. The van der Waals surface area contributed by atoms with E-state index >= 15 is 0 Å². The minimum atomic E-state index is -0.629. The van der Waals surface area contributed by atoms with E-state index in [0.717, 1.165) is 0 Å². The first kappa shape index (κ1) is 13.0. The number of halogens is 1. The number of carbonyl (C=O) groups is 1. The van der Waals surface area contributed by atoms with E-state index in [1.165, 1.54) is 25.3 Å². The van der Waals surface area contributed by atoms with Crippen LogP contribution in [0.15, 0.2) is 23.9 Å². The molecule has 0 fully saturated rings. The molecule has 0 amide bonds.